The highest BCUT2D eigenvalue weighted by atomic mass is 16.2. The third-order valence-corrected chi connectivity index (χ3v) is 7.50. The van der Waals surface area contributed by atoms with Crippen LogP contribution >= 0.6 is 0 Å². The highest BCUT2D eigenvalue weighted by Gasteiger charge is 2.58. The van der Waals surface area contributed by atoms with Crippen molar-refractivity contribution in [1.29, 1.82) is 0 Å². The van der Waals surface area contributed by atoms with E-state index >= 15 is 0 Å². The summed E-state index contributed by atoms with van der Waals surface area (Å²) in [4.78, 5) is 33.8. The van der Waals surface area contributed by atoms with Gasteiger partial charge in [-0.1, -0.05) is 36.4 Å². The smallest absolute Gasteiger partial charge is 0.233 e. The Kier molecular flexibility index (Phi) is 6.00. The lowest BCUT2D eigenvalue weighted by Crippen LogP contribution is -2.43. The molecule has 1 aromatic carbocycles. The minimum absolute atomic E-state index is 0.00983. The molecule has 0 radical (unpaired) electrons. The van der Waals surface area contributed by atoms with Crippen LogP contribution in [-0.2, 0) is 22.7 Å². The van der Waals surface area contributed by atoms with Gasteiger partial charge in [-0.15, -0.1) is 0 Å². The monoisotopic (exact) mass is 435 g/mol. The number of imide groups is 1. The minimum Gasteiger partial charge on any atom is -0.355 e. The number of amides is 2. The van der Waals surface area contributed by atoms with Crippen LogP contribution in [0.1, 0.15) is 30.4 Å². The van der Waals surface area contributed by atoms with Crippen molar-refractivity contribution in [3.05, 3.63) is 47.5 Å². The topological polar surface area (TPSA) is 77.0 Å². The highest BCUT2D eigenvalue weighted by Crippen LogP contribution is 2.52. The summed E-state index contributed by atoms with van der Waals surface area (Å²) in [6.45, 7) is 5.00. The molecule has 170 valence electrons. The van der Waals surface area contributed by atoms with Crippen molar-refractivity contribution in [3.63, 3.8) is 0 Å². The van der Waals surface area contributed by atoms with Gasteiger partial charge in [0.05, 0.1) is 11.8 Å². The van der Waals surface area contributed by atoms with Crippen molar-refractivity contribution < 1.29 is 9.59 Å². The molecule has 4 unspecified atom stereocenters. The number of carbonyl (C=O) groups excluding carboxylic acids is 2. The Hall–Kier alpha value is -2.67. The first-order valence-electron chi connectivity index (χ1n) is 11.9. The van der Waals surface area contributed by atoms with E-state index in [1.54, 1.807) is 7.05 Å². The molecule has 3 fully saturated rings. The van der Waals surface area contributed by atoms with Crippen LogP contribution < -0.4 is 10.6 Å². The molecule has 2 amide bonds. The fraction of sp³-hybridized carbons (Fsp3) is 0.560. The van der Waals surface area contributed by atoms with E-state index in [0.717, 1.165) is 13.0 Å². The van der Waals surface area contributed by atoms with E-state index in [2.05, 4.69) is 56.9 Å². The molecule has 0 aromatic heterocycles. The zero-order valence-corrected chi connectivity index (χ0v) is 18.8. The van der Waals surface area contributed by atoms with Crippen molar-refractivity contribution in [3.8, 4) is 0 Å². The predicted octanol–water partition coefficient (Wildman–Crippen LogP) is 1.75. The molecule has 2 heterocycles. The lowest BCUT2D eigenvalue weighted by molar-refractivity contribution is -0.140. The summed E-state index contributed by atoms with van der Waals surface area (Å²) in [5, 5.41) is 6.56. The maximum Gasteiger partial charge on any atom is 0.233 e. The maximum atomic E-state index is 12.8. The molecule has 1 saturated carbocycles. The van der Waals surface area contributed by atoms with E-state index in [0.29, 0.717) is 25.6 Å². The molecule has 2 aliphatic heterocycles. The predicted molar refractivity (Wildman–Crippen MR) is 124 cm³/mol. The number of rotatable bonds is 7. The Labute approximate surface area is 189 Å². The second kappa shape index (κ2) is 9.06. The number of hydrogen-bond acceptors (Lipinski definition) is 4. The number of nitrogens with one attached hydrogen (secondary N) is 2. The fourth-order valence-corrected chi connectivity index (χ4v) is 5.84. The molecular formula is C25H33N5O2. The van der Waals surface area contributed by atoms with Crippen LogP contribution in [0.2, 0.25) is 0 Å². The molecule has 2 aliphatic carbocycles. The molecule has 32 heavy (non-hydrogen) atoms. The van der Waals surface area contributed by atoms with Gasteiger partial charge in [0.2, 0.25) is 11.8 Å². The van der Waals surface area contributed by atoms with Crippen LogP contribution in [0.3, 0.4) is 0 Å². The first kappa shape index (κ1) is 21.2. The van der Waals surface area contributed by atoms with Gasteiger partial charge in [-0.3, -0.25) is 24.4 Å². The van der Waals surface area contributed by atoms with Crippen molar-refractivity contribution in [2.24, 2.45) is 28.7 Å². The second-order valence-corrected chi connectivity index (χ2v) is 9.48. The average molecular weight is 436 g/mol. The molecule has 2 saturated heterocycles. The van der Waals surface area contributed by atoms with Crippen molar-refractivity contribution >= 4 is 17.8 Å². The van der Waals surface area contributed by atoms with Gasteiger partial charge in [-0.25, -0.2) is 0 Å². The number of hydrogen-bond donors (Lipinski definition) is 2. The van der Waals surface area contributed by atoms with Gasteiger partial charge in [-0.2, -0.15) is 0 Å². The Balaban J connectivity index is 1.07. The SMILES string of the molecule is CN=C(NCCN1C(=O)C2C3C=CC(C3)C2C1=O)NCc1ccc(CN2CCCC2)cc1. The van der Waals surface area contributed by atoms with Crippen LogP contribution in [-0.4, -0.2) is 60.8 Å². The number of nitrogens with zero attached hydrogens (tertiary/aromatic N) is 3. The lowest BCUT2D eigenvalue weighted by atomic mass is 9.85. The Morgan fingerprint density at radius 1 is 0.969 bits per heavy atom. The summed E-state index contributed by atoms with van der Waals surface area (Å²) in [5.41, 5.74) is 2.55. The fourth-order valence-electron chi connectivity index (χ4n) is 5.84. The summed E-state index contributed by atoms with van der Waals surface area (Å²) < 4.78 is 0. The van der Waals surface area contributed by atoms with Crippen LogP contribution in [0.5, 0.6) is 0 Å². The summed E-state index contributed by atoms with van der Waals surface area (Å²) in [6, 6.07) is 8.73. The quantitative estimate of drug-likeness (QED) is 0.295. The van der Waals surface area contributed by atoms with E-state index in [9.17, 15) is 9.59 Å². The molecule has 7 heteroatoms. The van der Waals surface area contributed by atoms with Crippen LogP contribution in [0.25, 0.3) is 0 Å². The van der Waals surface area contributed by atoms with Crippen molar-refractivity contribution in [2.45, 2.75) is 32.4 Å². The van der Waals surface area contributed by atoms with E-state index in [1.165, 1.54) is 42.0 Å². The Bertz CT molecular complexity index is 889. The van der Waals surface area contributed by atoms with Crippen LogP contribution in [0.4, 0.5) is 0 Å². The number of benzene rings is 1. The minimum atomic E-state index is -0.122. The number of guanidine groups is 1. The Morgan fingerprint density at radius 2 is 1.59 bits per heavy atom. The van der Waals surface area contributed by atoms with E-state index < -0.39 is 0 Å². The largest absolute Gasteiger partial charge is 0.355 e. The van der Waals surface area contributed by atoms with Gasteiger partial charge < -0.3 is 10.6 Å². The van der Waals surface area contributed by atoms with E-state index in [4.69, 9.17) is 0 Å². The Morgan fingerprint density at radius 3 is 2.22 bits per heavy atom. The average Bonchev–Trinajstić information content (AvgIpc) is 3.59. The normalized spacial score (nSPS) is 29.3. The lowest BCUT2D eigenvalue weighted by Gasteiger charge is -2.19. The van der Waals surface area contributed by atoms with Gasteiger partial charge in [0, 0.05) is 33.2 Å². The molecule has 2 bridgehead atoms. The molecule has 5 rings (SSSR count). The number of likely N-dealkylation sites (tertiary alicyclic amines) is 2. The maximum absolute atomic E-state index is 12.8. The van der Waals surface area contributed by atoms with E-state index in [1.807, 2.05) is 0 Å². The van der Waals surface area contributed by atoms with Crippen LogP contribution in [0.15, 0.2) is 41.4 Å². The number of fused-ring (bicyclic) bond motifs is 5. The number of allylic oxidation sites excluding steroid dienone is 2. The molecule has 4 atom stereocenters. The van der Waals surface area contributed by atoms with Crippen molar-refractivity contribution in [1.82, 2.24) is 20.4 Å². The van der Waals surface area contributed by atoms with Gasteiger partial charge in [0.25, 0.3) is 0 Å². The molecule has 1 aromatic rings. The molecule has 7 nitrogen and oxygen atoms in total. The summed E-state index contributed by atoms with van der Waals surface area (Å²) >= 11 is 0. The number of carbonyl (C=O) groups is 2. The van der Waals surface area contributed by atoms with Gasteiger partial charge in [0.15, 0.2) is 5.96 Å². The number of aliphatic imine (C=N–C) groups is 1. The van der Waals surface area contributed by atoms with Crippen molar-refractivity contribution in [2.75, 3.05) is 33.2 Å². The van der Waals surface area contributed by atoms with Gasteiger partial charge >= 0.3 is 0 Å². The summed E-state index contributed by atoms with van der Waals surface area (Å²) in [5.74, 6) is 0.969. The summed E-state index contributed by atoms with van der Waals surface area (Å²) in [6.07, 6.45) is 7.85. The third kappa shape index (κ3) is 4.06. The molecule has 4 aliphatic rings. The molecule has 0 spiro atoms. The summed E-state index contributed by atoms with van der Waals surface area (Å²) in [7, 11) is 1.73. The first-order chi connectivity index (χ1) is 15.6. The zero-order chi connectivity index (χ0) is 22.1. The highest BCUT2D eigenvalue weighted by molar-refractivity contribution is 6.06. The molecular weight excluding hydrogens is 402 g/mol. The molecule has 2 N–H and O–H groups in total. The first-order valence-corrected chi connectivity index (χ1v) is 11.9. The van der Waals surface area contributed by atoms with Gasteiger partial charge in [-0.05, 0) is 55.3 Å². The third-order valence-electron chi connectivity index (χ3n) is 7.50. The second-order valence-electron chi connectivity index (χ2n) is 9.48. The van der Waals surface area contributed by atoms with E-state index in [-0.39, 0.29) is 35.5 Å². The van der Waals surface area contributed by atoms with Crippen LogP contribution in [0, 0.1) is 23.7 Å². The zero-order valence-electron chi connectivity index (χ0n) is 18.8. The standard InChI is InChI=1S/C25H33N5O2/c1-26-25(28-15-17-4-6-18(7-5-17)16-29-11-2-3-12-29)27-10-13-30-23(31)21-19-8-9-20(14-19)22(21)24(30)32/h4-9,19-22H,2-3,10-16H2,1H3,(H2,26,27,28). The van der Waals surface area contributed by atoms with Gasteiger partial charge in [0.1, 0.15) is 0 Å².